The third kappa shape index (κ3) is 5.77. The summed E-state index contributed by atoms with van der Waals surface area (Å²) in [6.45, 7) is 0. The van der Waals surface area contributed by atoms with Crippen molar-refractivity contribution in [2.24, 2.45) is 5.10 Å². The molecule has 1 aromatic rings. The molecule has 25 heavy (non-hydrogen) atoms. The first kappa shape index (κ1) is 18.8. The van der Waals surface area contributed by atoms with Crippen LogP contribution in [0, 0.1) is 0 Å². The van der Waals surface area contributed by atoms with Gasteiger partial charge in [-0.1, -0.05) is 25.3 Å². The lowest BCUT2D eigenvalue weighted by molar-refractivity contribution is -0.129. The number of hydrogen-bond donors (Lipinski definition) is 2. The first-order chi connectivity index (χ1) is 12.1. The van der Waals surface area contributed by atoms with Crippen molar-refractivity contribution < 1.29 is 19.1 Å². The fraction of sp³-hybridized carbons (Fsp3) is 0.500. The van der Waals surface area contributed by atoms with Crippen LogP contribution in [-0.4, -0.2) is 38.3 Å². The van der Waals surface area contributed by atoms with Gasteiger partial charge in [-0.2, -0.15) is 5.10 Å². The van der Waals surface area contributed by atoms with Gasteiger partial charge in [0.25, 0.3) is 0 Å². The molecule has 136 valence electrons. The van der Waals surface area contributed by atoms with Crippen molar-refractivity contribution in [1.29, 1.82) is 0 Å². The summed E-state index contributed by atoms with van der Waals surface area (Å²) >= 11 is 0. The summed E-state index contributed by atoms with van der Waals surface area (Å²) in [5.74, 6) is 0.382. The van der Waals surface area contributed by atoms with Gasteiger partial charge in [0.1, 0.15) is 6.42 Å². The minimum atomic E-state index is -0.452. The second kappa shape index (κ2) is 9.66. The number of amides is 2. The monoisotopic (exact) mass is 347 g/mol. The number of hydrazone groups is 1. The summed E-state index contributed by atoms with van der Waals surface area (Å²) in [7, 11) is 3.08. The molecule has 1 saturated carbocycles. The number of carbonyl (C=O) groups excluding carboxylic acids is 2. The predicted molar refractivity (Wildman–Crippen MR) is 94.9 cm³/mol. The SMILES string of the molecule is COc1cccc(/C=N/NC(=O)CC(=O)NC2CCCCC2)c1OC. The Kier molecular flexibility index (Phi) is 7.25. The Morgan fingerprint density at radius 1 is 1.16 bits per heavy atom. The summed E-state index contributed by atoms with van der Waals surface area (Å²) in [4.78, 5) is 23.7. The fourth-order valence-corrected chi connectivity index (χ4v) is 2.90. The zero-order valence-electron chi connectivity index (χ0n) is 14.7. The molecule has 7 nitrogen and oxygen atoms in total. The molecule has 0 radical (unpaired) electrons. The van der Waals surface area contributed by atoms with Crippen LogP contribution in [0.2, 0.25) is 0 Å². The molecule has 0 unspecified atom stereocenters. The van der Waals surface area contributed by atoms with Crippen molar-refractivity contribution in [2.45, 2.75) is 44.6 Å². The van der Waals surface area contributed by atoms with E-state index in [4.69, 9.17) is 9.47 Å². The predicted octanol–water partition coefficient (Wildman–Crippen LogP) is 1.99. The number of hydrogen-bond acceptors (Lipinski definition) is 5. The molecule has 0 heterocycles. The Morgan fingerprint density at radius 2 is 1.92 bits per heavy atom. The van der Waals surface area contributed by atoms with Crippen LogP contribution in [0.5, 0.6) is 11.5 Å². The molecule has 0 aliphatic heterocycles. The summed E-state index contributed by atoms with van der Waals surface area (Å²) in [5, 5.41) is 6.79. The number of methoxy groups -OCH3 is 2. The number of para-hydroxylation sites is 1. The third-order valence-corrected chi connectivity index (χ3v) is 4.12. The third-order valence-electron chi connectivity index (χ3n) is 4.12. The molecule has 1 aliphatic rings. The summed E-state index contributed by atoms with van der Waals surface area (Å²) in [6.07, 6.45) is 6.67. The van der Waals surface area contributed by atoms with Crippen molar-refractivity contribution in [3.05, 3.63) is 23.8 Å². The second-order valence-electron chi connectivity index (χ2n) is 5.96. The van der Waals surface area contributed by atoms with Gasteiger partial charge in [0.15, 0.2) is 11.5 Å². The van der Waals surface area contributed by atoms with Gasteiger partial charge < -0.3 is 14.8 Å². The first-order valence-corrected chi connectivity index (χ1v) is 8.46. The molecule has 0 bridgehead atoms. The van der Waals surface area contributed by atoms with Crippen LogP contribution in [0.15, 0.2) is 23.3 Å². The van der Waals surface area contributed by atoms with Gasteiger partial charge in [-0.15, -0.1) is 0 Å². The zero-order chi connectivity index (χ0) is 18.1. The van der Waals surface area contributed by atoms with Crippen molar-refractivity contribution in [3.63, 3.8) is 0 Å². The lowest BCUT2D eigenvalue weighted by atomic mass is 9.95. The quantitative estimate of drug-likeness (QED) is 0.448. The molecular formula is C18H25N3O4. The Bertz CT molecular complexity index is 625. The highest BCUT2D eigenvalue weighted by Crippen LogP contribution is 2.29. The molecule has 2 N–H and O–H groups in total. The zero-order valence-corrected chi connectivity index (χ0v) is 14.7. The molecule has 0 atom stereocenters. The van der Waals surface area contributed by atoms with E-state index in [1.165, 1.54) is 19.7 Å². The molecule has 1 fully saturated rings. The molecule has 2 amide bonds. The molecule has 1 aliphatic carbocycles. The van der Waals surface area contributed by atoms with E-state index in [-0.39, 0.29) is 18.4 Å². The maximum absolute atomic E-state index is 11.9. The summed E-state index contributed by atoms with van der Waals surface area (Å²) in [5.41, 5.74) is 3.02. The van der Waals surface area contributed by atoms with Crippen LogP contribution in [0.1, 0.15) is 44.1 Å². The van der Waals surface area contributed by atoms with Crippen LogP contribution in [0.3, 0.4) is 0 Å². The van der Waals surface area contributed by atoms with Gasteiger partial charge in [-0.05, 0) is 25.0 Å². The van der Waals surface area contributed by atoms with Crippen molar-refractivity contribution in [1.82, 2.24) is 10.7 Å². The number of rotatable bonds is 7. The Balaban J connectivity index is 1.83. The summed E-state index contributed by atoms with van der Waals surface area (Å²) < 4.78 is 10.5. The smallest absolute Gasteiger partial charge is 0.249 e. The Hall–Kier alpha value is -2.57. The first-order valence-electron chi connectivity index (χ1n) is 8.46. The van der Waals surface area contributed by atoms with E-state index in [1.807, 2.05) is 0 Å². The number of benzene rings is 1. The van der Waals surface area contributed by atoms with Gasteiger partial charge >= 0.3 is 0 Å². The molecule has 0 saturated heterocycles. The van der Waals surface area contributed by atoms with Gasteiger partial charge in [-0.3, -0.25) is 9.59 Å². The highest BCUT2D eigenvalue weighted by Gasteiger charge is 2.17. The van der Waals surface area contributed by atoms with E-state index in [1.54, 1.807) is 25.3 Å². The van der Waals surface area contributed by atoms with E-state index in [9.17, 15) is 9.59 Å². The normalized spacial score (nSPS) is 15.0. The van der Waals surface area contributed by atoms with Gasteiger partial charge in [-0.25, -0.2) is 5.43 Å². The van der Waals surface area contributed by atoms with Crippen LogP contribution < -0.4 is 20.2 Å². The number of carbonyl (C=O) groups is 2. The van der Waals surface area contributed by atoms with Gasteiger partial charge in [0.05, 0.1) is 20.4 Å². The minimum Gasteiger partial charge on any atom is -0.493 e. The average molecular weight is 347 g/mol. The Morgan fingerprint density at radius 3 is 2.60 bits per heavy atom. The maximum Gasteiger partial charge on any atom is 0.249 e. The van der Waals surface area contributed by atoms with Gasteiger partial charge in [0, 0.05) is 11.6 Å². The molecule has 2 rings (SSSR count). The number of ether oxygens (including phenoxy) is 2. The van der Waals surface area contributed by atoms with Crippen molar-refractivity contribution in [3.8, 4) is 11.5 Å². The highest BCUT2D eigenvalue weighted by atomic mass is 16.5. The van der Waals surface area contributed by atoms with E-state index in [0.717, 1.165) is 25.7 Å². The maximum atomic E-state index is 11.9. The van der Waals surface area contributed by atoms with Crippen molar-refractivity contribution in [2.75, 3.05) is 14.2 Å². The highest BCUT2D eigenvalue weighted by molar-refractivity contribution is 5.97. The topological polar surface area (TPSA) is 89.0 Å². The van der Waals surface area contributed by atoms with Crippen LogP contribution in [-0.2, 0) is 9.59 Å². The van der Waals surface area contributed by atoms with E-state index in [0.29, 0.717) is 17.1 Å². The standard InChI is InChI=1S/C18H25N3O4/c1-24-15-10-6-7-13(18(15)25-2)12-19-21-17(23)11-16(22)20-14-8-4-3-5-9-14/h6-7,10,12,14H,3-5,8-9,11H2,1-2H3,(H,20,22)(H,21,23)/b19-12+. The van der Waals surface area contributed by atoms with E-state index >= 15 is 0 Å². The lowest BCUT2D eigenvalue weighted by Crippen LogP contribution is -2.38. The fourth-order valence-electron chi connectivity index (χ4n) is 2.90. The summed E-state index contributed by atoms with van der Waals surface area (Å²) in [6, 6.07) is 5.54. The second-order valence-corrected chi connectivity index (χ2v) is 5.96. The molecule has 0 aromatic heterocycles. The lowest BCUT2D eigenvalue weighted by Gasteiger charge is -2.22. The van der Waals surface area contributed by atoms with E-state index in [2.05, 4.69) is 15.8 Å². The molecule has 0 spiro atoms. The Labute approximate surface area is 147 Å². The van der Waals surface area contributed by atoms with Crippen molar-refractivity contribution >= 4 is 18.0 Å². The number of nitrogens with one attached hydrogen (secondary N) is 2. The molecular weight excluding hydrogens is 322 g/mol. The molecule has 7 heteroatoms. The van der Waals surface area contributed by atoms with Crippen LogP contribution in [0.4, 0.5) is 0 Å². The minimum absolute atomic E-state index is 0.193. The van der Waals surface area contributed by atoms with E-state index < -0.39 is 5.91 Å². The number of nitrogens with zero attached hydrogens (tertiary/aromatic N) is 1. The van der Waals surface area contributed by atoms with Crippen LogP contribution in [0.25, 0.3) is 0 Å². The van der Waals surface area contributed by atoms with Crippen LogP contribution >= 0.6 is 0 Å². The van der Waals surface area contributed by atoms with Gasteiger partial charge in [0.2, 0.25) is 11.8 Å². The largest absolute Gasteiger partial charge is 0.493 e. The molecule has 1 aromatic carbocycles. The average Bonchev–Trinajstić information content (AvgIpc) is 2.62.